The number of nitrogens with zero attached hydrogens (tertiary/aromatic N) is 1. The van der Waals surface area contributed by atoms with Crippen LogP contribution in [0.4, 0.5) is 0 Å². The molecule has 1 aromatic carbocycles. The van der Waals surface area contributed by atoms with Crippen molar-refractivity contribution in [1.82, 2.24) is 10.3 Å². The maximum absolute atomic E-state index is 4.16. The first kappa shape index (κ1) is 13.2. The second kappa shape index (κ2) is 6.66. The van der Waals surface area contributed by atoms with Gasteiger partial charge in [0.25, 0.3) is 0 Å². The number of benzene rings is 1. The summed E-state index contributed by atoms with van der Waals surface area (Å²) in [6, 6.07) is 8.89. The molecule has 1 N–H and O–H groups in total. The van der Waals surface area contributed by atoms with E-state index in [1.54, 1.807) is 11.3 Å². The molecule has 2 rings (SSSR count). The number of aromatic nitrogens is 1. The molecule has 96 valence electrons. The van der Waals surface area contributed by atoms with Crippen LogP contribution in [0.5, 0.6) is 0 Å². The van der Waals surface area contributed by atoms with Crippen molar-refractivity contribution < 1.29 is 0 Å². The fourth-order valence-electron chi connectivity index (χ4n) is 2.05. The van der Waals surface area contributed by atoms with Crippen LogP contribution in [0.3, 0.4) is 0 Å². The molecular weight excluding hydrogens is 240 g/mol. The van der Waals surface area contributed by atoms with E-state index in [0.29, 0.717) is 5.92 Å². The first-order valence-electron chi connectivity index (χ1n) is 6.44. The third-order valence-electron chi connectivity index (χ3n) is 3.12. The first-order chi connectivity index (χ1) is 8.79. The predicted octanol–water partition coefficient (Wildman–Crippen LogP) is 3.39. The number of nitrogens with one attached hydrogen (secondary N) is 1. The van der Waals surface area contributed by atoms with Gasteiger partial charge in [-0.25, -0.2) is 0 Å². The monoisotopic (exact) mass is 260 g/mol. The molecule has 1 heterocycles. The molecule has 0 aliphatic rings. The first-order valence-corrected chi connectivity index (χ1v) is 7.32. The predicted molar refractivity (Wildman–Crippen MR) is 78.3 cm³/mol. The van der Waals surface area contributed by atoms with E-state index < -0.39 is 0 Å². The average Bonchev–Trinajstić information content (AvgIpc) is 2.88. The van der Waals surface area contributed by atoms with Crippen molar-refractivity contribution in [3.8, 4) is 0 Å². The molecule has 0 amide bonds. The lowest BCUT2D eigenvalue weighted by Gasteiger charge is -2.17. The number of thiazole rings is 1. The highest BCUT2D eigenvalue weighted by atomic mass is 32.1. The highest BCUT2D eigenvalue weighted by molar-refractivity contribution is 7.09. The summed E-state index contributed by atoms with van der Waals surface area (Å²) in [5, 5.41) is 3.46. The number of hydrogen-bond donors (Lipinski definition) is 1. The second-order valence-electron chi connectivity index (χ2n) is 4.59. The lowest BCUT2D eigenvalue weighted by Crippen LogP contribution is -2.22. The molecule has 1 atom stereocenters. The zero-order valence-electron chi connectivity index (χ0n) is 11.0. The summed E-state index contributed by atoms with van der Waals surface area (Å²) < 4.78 is 0. The number of rotatable bonds is 6. The Balaban J connectivity index is 2.11. The normalized spacial score (nSPS) is 12.6. The van der Waals surface area contributed by atoms with Crippen LogP contribution in [-0.4, -0.2) is 18.1 Å². The van der Waals surface area contributed by atoms with Crippen LogP contribution in [-0.2, 0) is 6.42 Å². The van der Waals surface area contributed by atoms with Crippen molar-refractivity contribution in [2.45, 2.75) is 26.2 Å². The Bertz CT molecular complexity index is 448. The lowest BCUT2D eigenvalue weighted by atomic mass is 9.94. The van der Waals surface area contributed by atoms with E-state index >= 15 is 0 Å². The fourth-order valence-corrected chi connectivity index (χ4v) is 2.73. The molecule has 3 heteroatoms. The van der Waals surface area contributed by atoms with E-state index in [0.717, 1.165) is 19.5 Å². The van der Waals surface area contributed by atoms with Gasteiger partial charge >= 0.3 is 0 Å². The molecule has 0 aliphatic heterocycles. The Hall–Kier alpha value is -1.19. The molecule has 0 bridgehead atoms. The van der Waals surface area contributed by atoms with E-state index in [1.165, 1.54) is 16.0 Å². The molecule has 1 aromatic heterocycles. The van der Waals surface area contributed by atoms with Gasteiger partial charge in [0.15, 0.2) is 0 Å². The molecule has 18 heavy (non-hydrogen) atoms. The van der Waals surface area contributed by atoms with E-state index in [2.05, 4.69) is 48.4 Å². The highest BCUT2D eigenvalue weighted by Gasteiger charge is 2.12. The maximum Gasteiger partial charge on any atom is 0.0794 e. The molecule has 0 fully saturated rings. The Kier molecular flexibility index (Phi) is 4.90. The second-order valence-corrected chi connectivity index (χ2v) is 5.56. The van der Waals surface area contributed by atoms with E-state index in [-0.39, 0.29) is 0 Å². The van der Waals surface area contributed by atoms with Gasteiger partial charge in [0.2, 0.25) is 0 Å². The van der Waals surface area contributed by atoms with E-state index in [4.69, 9.17) is 0 Å². The van der Waals surface area contributed by atoms with E-state index in [9.17, 15) is 0 Å². The van der Waals surface area contributed by atoms with Gasteiger partial charge in [-0.1, -0.05) is 36.8 Å². The zero-order valence-corrected chi connectivity index (χ0v) is 11.8. The molecular formula is C15H20N2S. The molecule has 0 radical (unpaired) electrons. The Labute approximate surface area is 113 Å². The maximum atomic E-state index is 4.16. The van der Waals surface area contributed by atoms with Crippen LogP contribution >= 0.6 is 11.3 Å². The van der Waals surface area contributed by atoms with Crippen molar-refractivity contribution >= 4 is 11.3 Å². The van der Waals surface area contributed by atoms with Gasteiger partial charge in [0.05, 0.1) is 5.51 Å². The minimum Gasteiger partial charge on any atom is -0.316 e. The van der Waals surface area contributed by atoms with Crippen LogP contribution in [0, 0.1) is 6.92 Å². The van der Waals surface area contributed by atoms with Crippen LogP contribution < -0.4 is 5.32 Å². The van der Waals surface area contributed by atoms with Gasteiger partial charge in [0.1, 0.15) is 0 Å². The van der Waals surface area contributed by atoms with Gasteiger partial charge in [-0.3, -0.25) is 4.98 Å². The number of likely N-dealkylation sites (N-methyl/N-ethyl adjacent to an activating group) is 1. The molecule has 0 saturated heterocycles. The molecule has 0 saturated carbocycles. The van der Waals surface area contributed by atoms with Gasteiger partial charge < -0.3 is 5.32 Å². The summed E-state index contributed by atoms with van der Waals surface area (Å²) in [6.07, 6.45) is 3.05. The van der Waals surface area contributed by atoms with Gasteiger partial charge in [-0.05, 0) is 25.5 Å². The van der Waals surface area contributed by atoms with Gasteiger partial charge in [-0.2, -0.15) is 0 Å². The summed E-state index contributed by atoms with van der Waals surface area (Å²) in [5.74, 6) is 0.533. The standard InChI is InChI=1S/C15H20N2S/c1-3-16-9-14(8-15-10-17-11-18-15)13-6-4-12(2)5-7-13/h4-7,10-11,14,16H,3,8-9H2,1-2H3. The molecule has 0 spiro atoms. The zero-order chi connectivity index (χ0) is 12.8. The van der Waals surface area contributed by atoms with Crippen LogP contribution in [0.1, 0.15) is 28.8 Å². The number of aryl methyl sites for hydroxylation is 1. The van der Waals surface area contributed by atoms with Gasteiger partial charge in [0, 0.05) is 23.5 Å². The summed E-state index contributed by atoms with van der Waals surface area (Å²) >= 11 is 1.74. The SMILES string of the molecule is CCNCC(Cc1cncs1)c1ccc(C)cc1. The quantitative estimate of drug-likeness (QED) is 0.861. The van der Waals surface area contributed by atoms with Crippen molar-refractivity contribution in [2.24, 2.45) is 0 Å². The van der Waals surface area contributed by atoms with Crippen LogP contribution in [0.15, 0.2) is 36.0 Å². The molecule has 0 aliphatic carbocycles. The topological polar surface area (TPSA) is 24.9 Å². The summed E-state index contributed by atoms with van der Waals surface area (Å²) in [7, 11) is 0. The van der Waals surface area contributed by atoms with Crippen molar-refractivity contribution in [3.63, 3.8) is 0 Å². The van der Waals surface area contributed by atoms with Crippen LogP contribution in [0.2, 0.25) is 0 Å². The minimum atomic E-state index is 0.533. The minimum absolute atomic E-state index is 0.533. The Morgan fingerprint density at radius 1 is 1.28 bits per heavy atom. The molecule has 2 nitrogen and oxygen atoms in total. The Morgan fingerprint density at radius 2 is 2.06 bits per heavy atom. The smallest absolute Gasteiger partial charge is 0.0794 e. The summed E-state index contributed by atoms with van der Waals surface area (Å²) in [5.41, 5.74) is 4.64. The van der Waals surface area contributed by atoms with Crippen LogP contribution in [0.25, 0.3) is 0 Å². The molecule has 2 aromatic rings. The van der Waals surface area contributed by atoms with Gasteiger partial charge in [-0.15, -0.1) is 11.3 Å². The van der Waals surface area contributed by atoms with Crippen molar-refractivity contribution in [2.75, 3.05) is 13.1 Å². The fraction of sp³-hybridized carbons (Fsp3) is 0.400. The Morgan fingerprint density at radius 3 is 2.67 bits per heavy atom. The average molecular weight is 260 g/mol. The summed E-state index contributed by atoms with van der Waals surface area (Å²) in [4.78, 5) is 5.52. The third kappa shape index (κ3) is 3.65. The molecule has 1 unspecified atom stereocenters. The largest absolute Gasteiger partial charge is 0.316 e. The lowest BCUT2D eigenvalue weighted by molar-refractivity contribution is 0.598. The third-order valence-corrected chi connectivity index (χ3v) is 3.92. The summed E-state index contributed by atoms with van der Waals surface area (Å²) in [6.45, 7) is 6.33. The highest BCUT2D eigenvalue weighted by Crippen LogP contribution is 2.22. The van der Waals surface area contributed by atoms with Crippen molar-refractivity contribution in [1.29, 1.82) is 0 Å². The van der Waals surface area contributed by atoms with E-state index in [1.807, 2.05) is 11.7 Å². The van der Waals surface area contributed by atoms with Crippen molar-refractivity contribution in [3.05, 3.63) is 52.0 Å². The number of hydrogen-bond acceptors (Lipinski definition) is 3.